The maximum absolute atomic E-state index is 12.7. The SMILES string of the molecule is CN(Cc1ccsc1)C(=O)COC(=O)CNc1ccc(C(F)(F)F)cc1[N+](=O)[O-]. The number of ether oxygens (including phenoxy) is 1. The predicted octanol–water partition coefficient (Wildman–Crippen LogP) is 3.29. The van der Waals surface area contributed by atoms with Crippen LogP contribution < -0.4 is 5.32 Å². The summed E-state index contributed by atoms with van der Waals surface area (Å²) < 4.78 is 42.9. The van der Waals surface area contributed by atoms with Crippen molar-refractivity contribution in [2.75, 3.05) is 25.5 Å². The lowest BCUT2D eigenvalue weighted by molar-refractivity contribution is -0.384. The van der Waals surface area contributed by atoms with Gasteiger partial charge in [0.2, 0.25) is 0 Å². The molecule has 1 aromatic heterocycles. The normalized spacial score (nSPS) is 11.0. The highest BCUT2D eigenvalue weighted by Crippen LogP contribution is 2.34. The lowest BCUT2D eigenvalue weighted by atomic mass is 10.1. The zero-order valence-corrected chi connectivity index (χ0v) is 15.9. The molecule has 0 aliphatic heterocycles. The summed E-state index contributed by atoms with van der Waals surface area (Å²) in [4.78, 5) is 35.1. The first-order valence-electron chi connectivity index (χ1n) is 8.08. The van der Waals surface area contributed by atoms with Crippen molar-refractivity contribution in [1.82, 2.24) is 4.90 Å². The molecule has 1 N–H and O–H groups in total. The van der Waals surface area contributed by atoms with E-state index in [0.29, 0.717) is 18.7 Å². The van der Waals surface area contributed by atoms with Gasteiger partial charge in [0.1, 0.15) is 12.2 Å². The summed E-state index contributed by atoms with van der Waals surface area (Å²) in [6.07, 6.45) is -4.74. The van der Waals surface area contributed by atoms with Gasteiger partial charge in [-0.3, -0.25) is 19.7 Å². The summed E-state index contributed by atoms with van der Waals surface area (Å²) in [5.74, 6) is -1.35. The van der Waals surface area contributed by atoms with Crippen LogP contribution in [0.4, 0.5) is 24.5 Å². The van der Waals surface area contributed by atoms with E-state index in [1.165, 1.54) is 23.3 Å². The van der Waals surface area contributed by atoms with Gasteiger partial charge in [-0.25, -0.2) is 0 Å². The summed E-state index contributed by atoms with van der Waals surface area (Å²) in [6, 6.07) is 3.73. The molecule has 0 spiro atoms. The van der Waals surface area contributed by atoms with Gasteiger partial charge in [-0.1, -0.05) is 0 Å². The molecule has 2 rings (SSSR count). The highest BCUT2D eigenvalue weighted by atomic mass is 32.1. The van der Waals surface area contributed by atoms with Gasteiger partial charge in [0.25, 0.3) is 11.6 Å². The molecule has 1 heterocycles. The molecular formula is C17H16F3N3O5S. The number of nitro groups is 1. The highest BCUT2D eigenvalue weighted by molar-refractivity contribution is 7.07. The van der Waals surface area contributed by atoms with Crippen LogP contribution in [0, 0.1) is 10.1 Å². The lowest BCUT2D eigenvalue weighted by Gasteiger charge is -2.16. The Morgan fingerprint density at radius 2 is 2.03 bits per heavy atom. The van der Waals surface area contributed by atoms with Crippen LogP contribution in [-0.2, 0) is 27.0 Å². The summed E-state index contributed by atoms with van der Waals surface area (Å²) in [5.41, 5.74) is -1.37. The molecule has 156 valence electrons. The van der Waals surface area contributed by atoms with Crippen LogP contribution in [0.25, 0.3) is 0 Å². The molecule has 0 fully saturated rings. The van der Waals surface area contributed by atoms with Gasteiger partial charge in [-0.2, -0.15) is 24.5 Å². The van der Waals surface area contributed by atoms with Crippen LogP contribution in [-0.4, -0.2) is 41.9 Å². The largest absolute Gasteiger partial charge is 0.454 e. The number of alkyl halides is 3. The Bertz CT molecular complexity index is 887. The third-order valence-electron chi connectivity index (χ3n) is 3.73. The first kappa shape index (κ1) is 22.1. The molecule has 0 bridgehead atoms. The highest BCUT2D eigenvalue weighted by Gasteiger charge is 2.33. The molecule has 2 aromatic rings. The van der Waals surface area contributed by atoms with Gasteiger partial charge in [0.05, 0.1) is 10.5 Å². The van der Waals surface area contributed by atoms with Crippen molar-refractivity contribution in [3.8, 4) is 0 Å². The molecule has 0 unspecified atom stereocenters. The molecule has 29 heavy (non-hydrogen) atoms. The quantitative estimate of drug-likeness (QED) is 0.391. The van der Waals surface area contributed by atoms with Gasteiger partial charge >= 0.3 is 12.1 Å². The number of hydrogen-bond donors (Lipinski definition) is 1. The lowest BCUT2D eigenvalue weighted by Crippen LogP contribution is -2.31. The number of anilines is 1. The number of halogens is 3. The Labute approximate surface area is 167 Å². The predicted molar refractivity (Wildman–Crippen MR) is 98.3 cm³/mol. The Morgan fingerprint density at radius 3 is 2.62 bits per heavy atom. The molecule has 0 aliphatic rings. The van der Waals surface area contributed by atoms with Crippen molar-refractivity contribution < 1.29 is 32.4 Å². The molecule has 0 aliphatic carbocycles. The van der Waals surface area contributed by atoms with E-state index >= 15 is 0 Å². The number of carbonyl (C=O) groups is 2. The number of rotatable bonds is 8. The topological polar surface area (TPSA) is 102 Å². The van der Waals surface area contributed by atoms with E-state index in [0.717, 1.165) is 11.6 Å². The number of nitrogens with zero attached hydrogens (tertiary/aromatic N) is 2. The minimum absolute atomic E-state index is 0.277. The van der Waals surface area contributed by atoms with Crippen LogP contribution in [0.5, 0.6) is 0 Å². The number of likely N-dealkylation sites (N-methyl/N-ethyl adjacent to an activating group) is 1. The third kappa shape index (κ3) is 6.45. The van der Waals surface area contributed by atoms with Crippen molar-refractivity contribution in [1.29, 1.82) is 0 Å². The van der Waals surface area contributed by atoms with Crippen LogP contribution >= 0.6 is 11.3 Å². The molecule has 0 saturated carbocycles. The molecule has 12 heteroatoms. The van der Waals surface area contributed by atoms with Crippen molar-refractivity contribution in [2.45, 2.75) is 12.7 Å². The second-order valence-corrected chi connectivity index (χ2v) is 6.66. The molecule has 1 aromatic carbocycles. The Hall–Kier alpha value is -3.15. The van der Waals surface area contributed by atoms with Crippen LogP contribution in [0.2, 0.25) is 0 Å². The minimum atomic E-state index is -4.74. The zero-order valence-electron chi connectivity index (χ0n) is 15.1. The van der Waals surface area contributed by atoms with E-state index in [2.05, 4.69) is 5.32 Å². The van der Waals surface area contributed by atoms with Crippen molar-refractivity contribution in [3.05, 3.63) is 56.3 Å². The second kappa shape index (κ2) is 9.37. The number of carbonyl (C=O) groups excluding carboxylic acids is 2. The molecule has 0 radical (unpaired) electrons. The number of nitro benzene ring substituents is 1. The fourth-order valence-corrected chi connectivity index (χ4v) is 2.88. The Balaban J connectivity index is 1.88. The van der Waals surface area contributed by atoms with Gasteiger partial charge in [0.15, 0.2) is 6.61 Å². The second-order valence-electron chi connectivity index (χ2n) is 5.88. The summed E-state index contributed by atoms with van der Waals surface area (Å²) in [6.45, 7) is -0.750. The monoisotopic (exact) mass is 431 g/mol. The van der Waals surface area contributed by atoms with Crippen molar-refractivity contribution in [2.24, 2.45) is 0 Å². The molecule has 0 atom stereocenters. The van der Waals surface area contributed by atoms with Crippen molar-refractivity contribution >= 4 is 34.6 Å². The molecule has 0 saturated heterocycles. The first-order valence-corrected chi connectivity index (χ1v) is 9.02. The van der Waals surface area contributed by atoms with E-state index in [4.69, 9.17) is 4.74 Å². The fraction of sp³-hybridized carbons (Fsp3) is 0.294. The average molecular weight is 431 g/mol. The van der Waals surface area contributed by atoms with Crippen LogP contribution in [0.15, 0.2) is 35.0 Å². The smallest absolute Gasteiger partial charge is 0.416 e. The van der Waals surface area contributed by atoms with Gasteiger partial charge in [-0.15, -0.1) is 0 Å². The van der Waals surface area contributed by atoms with E-state index in [1.54, 1.807) is 0 Å². The maximum atomic E-state index is 12.7. The van der Waals surface area contributed by atoms with E-state index < -0.39 is 47.4 Å². The molecule has 8 nitrogen and oxygen atoms in total. The number of esters is 1. The zero-order chi connectivity index (χ0) is 21.6. The molecule has 1 amide bonds. The minimum Gasteiger partial charge on any atom is -0.454 e. The van der Waals surface area contributed by atoms with Gasteiger partial charge < -0.3 is 15.0 Å². The summed E-state index contributed by atoms with van der Waals surface area (Å²) in [5, 5.41) is 17.1. The molecular weight excluding hydrogens is 415 g/mol. The number of hydrogen-bond acceptors (Lipinski definition) is 7. The van der Waals surface area contributed by atoms with E-state index in [-0.39, 0.29) is 5.69 Å². The summed E-state index contributed by atoms with van der Waals surface area (Å²) in [7, 11) is 1.54. The van der Waals surface area contributed by atoms with Crippen LogP contribution in [0.3, 0.4) is 0 Å². The number of benzene rings is 1. The first-order chi connectivity index (χ1) is 13.6. The van der Waals surface area contributed by atoms with E-state index in [1.807, 2.05) is 16.8 Å². The Kier molecular flexibility index (Phi) is 7.15. The van der Waals surface area contributed by atoms with Crippen LogP contribution in [0.1, 0.15) is 11.1 Å². The number of amides is 1. The van der Waals surface area contributed by atoms with Crippen molar-refractivity contribution in [3.63, 3.8) is 0 Å². The maximum Gasteiger partial charge on any atom is 0.416 e. The van der Waals surface area contributed by atoms with Gasteiger partial charge in [-0.05, 0) is 34.5 Å². The third-order valence-corrected chi connectivity index (χ3v) is 4.46. The van der Waals surface area contributed by atoms with E-state index in [9.17, 15) is 32.9 Å². The number of nitrogens with one attached hydrogen (secondary N) is 1. The summed E-state index contributed by atoms with van der Waals surface area (Å²) >= 11 is 1.48. The number of thiophene rings is 1. The fourth-order valence-electron chi connectivity index (χ4n) is 2.22. The Morgan fingerprint density at radius 1 is 1.31 bits per heavy atom. The average Bonchev–Trinajstić information content (AvgIpc) is 3.16. The van der Waals surface area contributed by atoms with Gasteiger partial charge in [0, 0.05) is 19.7 Å². The standard InChI is InChI=1S/C17H16F3N3O5S/c1-22(8-11-4-5-29-10-11)15(24)9-28-16(25)7-21-13-3-2-12(17(18,19)20)6-14(13)23(26)27/h2-6,10,21H,7-9H2,1H3.